The molecule has 1 aliphatic rings. The van der Waals surface area contributed by atoms with E-state index in [0.29, 0.717) is 0 Å². The summed E-state index contributed by atoms with van der Waals surface area (Å²) in [5.41, 5.74) is 2.41. The Labute approximate surface area is 84.3 Å². The summed E-state index contributed by atoms with van der Waals surface area (Å²) in [5.74, 6) is 0.383. The topological polar surface area (TPSA) is 29.1 Å². The third-order valence-corrected chi connectivity index (χ3v) is 2.72. The van der Waals surface area contributed by atoms with Gasteiger partial charge in [-0.25, -0.2) is 0 Å². The van der Waals surface area contributed by atoms with Crippen LogP contribution in [0.3, 0.4) is 0 Å². The number of rotatable bonds is 2. The van der Waals surface area contributed by atoms with Gasteiger partial charge in [-0.2, -0.15) is 0 Å². The highest BCUT2D eigenvalue weighted by Gasteiger charge is 2.28. The second-order valence-corrected chi connectivity index (χ2v) is 4.07. The molecule has 0 amide bonds. The fraction of sp³-hybridized carbons (Fsp3) is 0.417. The maximum atomic E-state index is 11.8. The molecule has 1 N–H and O–H groups in total. The first kappa shape index (κ1) is 9.41. The SMILES string of the molecule is CC(C)C(=O)C1NCc2ccccc21. The molecule has 2 heteroatoms. The first-order valence-corrected chi connectivity index (χ1v) is 5.05. The highest BCUT2D eigenvalue weighted by atomic mass is 16.1. The molecule has 1 aromatic rings. The molecule has 0 aliphatic carbocycles. The van der Waals surface area contributed by atoms with E-state index in [1.165, 1.54) is 5.56 Å². The number of benzene rings is 1. The van der Waals surface area contributed by atoms with E-state index in [-0.39, 0.29) is 17.7 Å². The molecule has 0 radical (unpaired) electrons. The minimum atomic E-state index is -0.0776. The van der Waals surface area contributed by atoms with Crippen LogP contribution in [0.1, 0.15) is 31.0 Å². The molecule has 1 aliphatic heterocycles. The van der Waals surface area contributed by atoms with Gasteiger partial charge in [-0.1, -0.05) is 38.1 Å². The van der Waals surface area contributed by atoms with Crippen LogP contribution in [0.4, 0.5) is 0 Å². The Bertz CT molecular complexity index is 357. The Morgan fingerprint density at radius 3 is 2.86 bits per heavy atom. The summed E-state index contributed by atoms with van der Waals surface area (Å²) >= 11 is 0. The zero-order valence-corrected chi connectivity index (χ0v) is 8.58. The minimum Gasteiger partial charge on any atom is -0.300 e. The Hall–Kier alpha value is -1.15. The molecule has 14 heavy (non-hydrogen) atoms. The van der Waals surface area contributed by atoms with Crippen LogP contribution in [0.25, 0.3) is 0 Å². The van der Waals surface area contributed by atoms with Crippen LogP contribution >= 0.6 is 0 Å². The van der Waals surface area contributed by atoms with Crippen molar-refractivity contribution in [2.75, 3.05) is 0 Å². The zero-order valence-electron chi connectivity index (χ0n) is 8.58. The lowest BCUT2D eigenvalue weighted by Crippen LogP contribution is -2.25. The van der Waals surface area contributed by atoms with Gasteiger partial charge in [0.15, 0.2) is 5.78 Å². The third-order valence-electron chi connectivity index (χ3n) is 2.72. The van der Waals surface area contributed by atoms with Crippen molar-refractivity contribution in [3.05, 3.63) is 35.4 Å². The molecule has 0 aromatic heterocycles. The summed E-state index contributed by atoms with van der Waals surface area (Å²) in [5, 5.41) is 3.25. The number of ketones is 1. The number of hydrogen-bond acceptors (Lipinski definition) is 2. The van der Waals surface area contributed by atoms with E-state index >= 15 is 0 Å². The third kappa shape index (κ3) is 1.46. The normalized spacial score (nSPS) is 19.8. The largest absolute Gasteiger partial charge is 0.300 e. The van der Waals surface area contributed by atoms with Crippen LogP contribution < -0.4 is 5.32 Å². The van der Waals surface area contributed by atoms with Crippen molar-refractivity contribution < 1.29 is 4.79 Å². The van der Waals surface area contributed by atoms with E-state index < -0.39 is 0 Å². The smallest absolute Gasteiger partial charge is 0.156 e. The second kappa shape index (κ2) is 3.54. The monoisotopic (exact) mass is 189 g/mol. The Kier molecular flexibility index (Phi) is 2.38. The number of carbonyl (C=O) groups excluding carboxylic acids is 1. The van der Waals surface area contributed by atoms with Crippen molar-refractivity contribution in [2.24, 2.45) is 5.92 Å². The highest BCUT2D eigenvalue weighted by molar-refractivity contribution is 5.87. The first-order chi connectivity index (χ1) is 6.70. The summed E-state index contributed by atoms with van der Waals surface area (Å²) < 4.78 is 0. The van der Waals surface area contributed by atoms with Crippen LogP contribution in [0.15, 0.2) is 24.3 Å². The van der Waals surface area contributed by atoms with Gasteiger partial charge in [-0.3, -0.25) is 10.1 Å². The Balaban J connectivity index is 2.30. The van der Waals surface area contributed by atoms with Gasteiger partial charge in [0.2, 0.25) is 0 Å². The molecule has 2 nitrogen and oxygen atoms in total. The molecular weight excluding hydrogens is 174 g/mol. The quantitative estimate of drug-likeness (QED) is 0.771. The molecule has 1 aromatic carbocycles. The van der Waals surface area contributed by atoms with Crippen LogP contribution in [0, 0.1) is 5.92 Å². The minimum absolute atomic E-state index is 0.0776. The number of hydrogen-bond donors (Lipinski definition) is 1. The molecule has 74 valence electrons. The number of fused-ring (bicyclic) bond motifs is 1. The second-order valence-electron chi connectivity index (χ2n) is 4.07. The summed E-state index contributed by atoms with van der Waals surface area (Å²) in [6.45, 7) is 4.72. The number of Topliss-reactive ketones (excluding diaryl/α,β-unsaturated/α-hetero) is 1. The summed E-state index contributed by atoms with van der Waals surface area (Å²) in [4.78, 5) is 11.8. The van der Waals surface area contributed by atoms with Gasteiger partial charge in [0.05, 0.1) is 6.04 Å². The van der Waals surface area contributed by atoms with Gasteiger partial charge < -0.3 is 0 Å². The molecule has 1 atom stereocenters. The van der Waals surface area contributed by atoms with Crippen molar-refractivity contribution in [1.82, 2.24) is 5.32 Å². The van der Waals surface area contributed by atoms with Crippen molar-refractivity contribution in [3.8, 4) is 0 Å². The lowest BCUT2D eigenvalue weighted by Gasteiger charge is -2.13. The predicted molar refractivity (Wildman–Crippen MR) is 55.9 cm³/mol. The zero-order chi connectivity index (χ0) is 10.1. The first-order valence-electron chi connectivity index (χ1n) is 5.05. The lowest BCUT2D eigenvalue weighted by molar-refractivity contribution is -0.123. The summed E-state index contributed by atoms with van der Waals surface area (Å²) in [6, 6.07) is 8.05. The average molecular weight is 189 g/mol. The van der Waals surface area contributed by atoms with E-state index in [1.54, 1.807) is 0 Å². The predicted octanol–water partition coefficient (Wildman–Crippen LogP) is 2.06. The number of carbonyl (C=O) groups is 1. The van der Waals surface area contributed by atoms with Crippen LogP contribution in [0.5, 0.6) is 0 Å². The van der Waals surface area contributed by atoms with Crippen LogP contribution in [0.2, 0.25) is 0 Å². The van der Waals surface area contributed by atoms with Crippen LogP contribution in [-0.4, -0.2) is 5.78 Å². The van der Waals surface area contributed by atoms with Crippen LogP contribution in [-0.2, 0) is 11.3 Å². The maximum absolute atomic E-state index is 11.8. The van der Waals surface area contributed by atoms with Crippen molar-refractivity contribution in [3.63, 3.8) is 0 Å². The van der Waals surface area contributed by atoms with Gasteiger partial charge in [0.25, 0.3) is 0 Å². The lowest BCUT2D eigenvalue weighted by atomic mass is 9.96. The van der Waals surface area contributed by atoms with Crippen molar-refractivity contribution in [2.45, 2.75) is 26.4 Å². The standard InChI is InChI=1S/C12H15NO/c1-8(2)12(14)11-10-6-4-3-5-9(10)7-13-11/h3-6,8,11,13H,7H2,1-2H3. The average Bonchev–Trinajstić information content (AvgIpc) is 2.60. The summed E-state index contributed by atoms with van der Waals surface area (Å²) in [6.07, 6.45) is 0. The molecule has 0 saturated carbocycles. The fourth-order valence-electron chi connectivity index (χ4n) is 1.89. The molecule has 0 fully saturated rings. The van der Waals surface area contributed by atoms with Gasteiger partial charge >= 0.3 is 0 Å². The molecule has 1 unspecified atom stereocenters. The van der Waals surface area contributed by atoms with Gasteiger partial charge in [0, 0.05) is 12.5 Å². The molecule has 0 bridgehead atoms. The van der Waals surface area contributed by atoms with E-state index in [4.69, 9.17) is 0 Å². The Morgan fingerprint density at radius 1 is 1.43 bits per heavy atom. The fourth-order valence-corrected chi connectivity index (χ4v) is 1.89. The highest BCUT2D eigenvalue weighted by Crippen LogP contribution is 2.27. The Morgan fingerprint density at radius 2 is 2.14 bits per heavy atom. The van der Waals surface area contributed by atoms with Crippen molar-refractivity contribution >= 4 is 5.78 Å². The van der Waals surface area contributed by atoms with Gasteiger partial charge in [-0.15, -0.1) is 0 Å². The van der Waals surface area contributed by atoms with E-state index in [0.717, 1.165) is 12.1 Å². The van der Waals surface area contributed by atoms with Crippen molar-refractivity contribution in [1.29, 1.82) is 0 Å². The maximum Gasteiger partial charge on any atom is 0.156 e. The van der Waals surface area contributed by atoms with E-state index in [2.05, 4.69) is 11.4 Å². The molecule has 1 heterocycles. The number of nitrogens with one attached hydrogen (secondary N) is 1. The van der Waals surface area contributed by atoms with Gasteiger partial charge in [0.1, 0.15) is 0 Å². The molecule has 0 spiro atoms. The molecule has 0 saturated heterocycles. The van der Waals surface area contributed by atoms with E-state index in [1.807, 2.05) is 32.0 Å². The van der Waals surface area contributed by atoms with E-state index in [9.17, 15) is 4.79 Å². The van der Waals surface area contributed by atoms with Gasteiger partial charge in [-0.05, 0) is 11.1 Å². The summed E-state index contributed by atoms with van der Waals surface area (Å²) in [7, 11) is 0. The molecule has 2 rings (SSSR count). The molecular formula is C12H15NO.